The summed E-state index contributed by atoms with van der Waals surface area (Å²) >= 11 is 0.290. The Bertz CT molecular complexity index is 3420. The van der Waals surface area contributed by atoms with Crippen molar-refractivity contribution in [3.05, 3.63) is 212 Å². The van der Waals surface area contributed by atoms with E-state index in [1.165, 1.54) is 68.5 Å². The average molecular weight is 805 g/mol. The molecule has 0 bridgehead atoms. The number of benzene rings is 9. The second-order valence-corrected chi connectivity index (χ2v) is 17.2. The molecule has 3 heterocycles. The standard InChI is InChI=1S/C54H35N3Se/c1-4-15-36(16-5-1)37-17-10-22-40(33-37)56(42-24-11-23-41(34-42)55(38-18-6-2-7-19-38)39-20-8-3-9-21-39)43-31-32-48-47(35-43)46-27-12-26-45-44-25-13-29-50-52(44)53-49(57(48)54(45)46)28-14-30-51(53)58-50/h1-35H. The molecule has 0 atom stereocenters. The fraction of sp³-hybridized carbons (Fsp3) is 0. The Labute approximate surface area is 341 Å². The molecule has 12 rings (SSSR count). The number of nitrogens with zero attached hydrogens (tertiary/aromatic N) is 3. The van der Waals surface area contributed by atoms with Gasteiger partial charge in [0.05, 0.1) is 0 Å². The van der Waals surface area contributed by atoms with E-state index in [2.05, 4.69) is 227 Å². The number of fused-ring (bicyclic) bond motifs is 5. The Morgan fingerprint density at radius 2 is 0.810 bits per heavy atom. The summed E-state index contributed by atoms with van der Waals surface area (Å²) in [5.74, 6) is 0. The van der Waals surface area contributed by atoms with E-state index in [0.717, 1.165) is 34.1 Å². The van der Waals surface area contributed by atoms with Crippen LogP contribution in [0.4, 0.5) is 34.1 Å². The van der Waals surface area contributed by atoms with Crippen molar-refractivity contribution in [3.63, 3.8) is 0 Å². The SMILES string of the molecule is c1ccc(-c2cccc(N(c3cccc(N(c4ccccc4)c4ccccc4)c3)c3ccc4c(c3)c3cccc5c6cccc7[se]c8cccc(c8c76)n4c53)c2)cc1. The van der Waals surface area contributed by atoms with E-state index in [4.69, 9.17) is 0 Å². The molecule has 4 heteroatoms. The minimum Gasteiger partial charge on any atom is -0.0617 e. The summed E-state index contributed by atoms with van der Waals surface area (Å²) in [5, 5.41) is 7.99. The van der Waals surface area contributed by atoms with E-state index >= 15 is 0 Å². The van der Waals surface area contributed by atoms with Gasteiger partial charge in [0.2, 0.25) is 0 Å². The summed E-state index contributed by atoms with van der Waals surface area (Å²) in [6.07, 6.45) is 0. The van der Waals surface area contributed by atoms with E-state index in [-0.39, 0.29) is 14.5 Å². The third kappa shape index (κ3) is 5.13. The summed E-state index contributed by atoms with van der Waals surface area (Å²) in [6.45, 7) is 0. The molecule has 9 aromatic carbocycles. The van der Waals surface area contributed by atoms with Crippen molar-refractivity contribution < 1.29 is 0 Å². The van der Waals surface area contributed by atoms with Gasteiger partial charge in [0.15, 0.2) is 0 Å². The van der Waals surface area contributed by atoms with Gasteiger partial charge in [-0.15, -0.1) is 0 Å². The van der Waals surface area contributed by atoms with Crippen LogP contribution in [0.25, 0.3) is 68.5 Å². The normalized spacial score (nSPS) is 11.8. The summed E-state index contributed by atoms with van der Waals surface area (Å²) in [6, 6.07) is 77.7. The Kier molecular flexibility index (Phi) is 7.56. The minimum atomic E-state index is 0.290. The Morgan fingerprint density at radius 3 is 1.53 bits per heavy atom. The molecule has 0 fully saturated rings. The first-order chi connectivity index (χ1) is 28.8. The summed E-state index contributed by atoms with van der Waals surface area (Å²) in [7, 11) is 0. The number of para-hydroxylation sites is 3. The topological polar surface area (TPSA) is 10.9 Å². The monoisotopic (exact) mass is 805 g/mol. The molecule has 0 N–H and O–H groups in total. The molecule has 3 aromatic heterocycles. The van der Waals surface area contributed by atoms with Gasteiger partial charge in [-0.1, -0.05) is 72.8 Å². The van der Waals surface area contributed by atoms with Gasteiger partial charge < -0.3 is 4.90 Å². The predicted octanol–water partition coefficient (Wildman–Crippen LogP) is 14.8. The van der Waals surface area contributed by atoms with Gasteiger partial charge >= 0.3 is 219 Å². The maximum absolute atomic E-state index is 2.55. The van der Waals surface area contributed by atoms with Crippen molar-refractivity contribution in [1.82, 2.24) is 4.40 Å². The third-order valence-electron chi connectivity index (χ3n) is 11.6. The molecular weight excluding hydrogens is 770 g/mol. The molecule has 0 aliphatic carbocycles. The van der Waals surface area contributed by atoms with Crippen molar-refractivity contribution in [3.8, 4) is 11.1 Å². The smallest absolute Gasteiger partial charge is 0.0544 e. The zero-order valence-corrected chi connectivity index (χ0v) is 33.2. The van der Waals surface area contributed by atoms with E-state index in [0.29, 0.717) is 0 Å². The molecule has 0 saturated carbocycles. The second-order valence-electron chi connectivity index (χ2n) is 14.9. The zero-order valence-electron chi connectivity index (χ0n) is 31.5. The molecule has 0 aliphatic heterocycles. The Hall–Kier alpha value is -7.10. The molecule has 0 aliphatic rings. The average Bonchev–Trinajstić information content (AvgIpc) is 3.80. The fourth-order valence-corrected chi connectivity index (χ4v) is 11.6. The summed E-state index contributed by atoms with van der Waals surface area (Å²) in [4.78, 5) is 4.76. The maximum atomic E-state index is 2.55. The van der Waals surface area contributed by atoms with Crippen LogP contribution < -0.4 is 9.80 Å². The van der Waals surface area contributed by atoms with Crippen LogP contribution in [0.2, 0.25) is 0 Å². The molecule has 3 nitrogen and oxygen atoms in total. The van der Waals surface area contributed by atoms with Gasteiger partial charge in [-0.2, -0.15) is 0 Å². The maximum Gasteiger partial charge on any atom is -0.0544 e. The van der Waals surface area contributed by atoms with E-state index in [9.17, 15) is 0 Å². The fourth-order valence-electron chi connectivity index (χ4n) is 9.20. The minimum absolute atomic E-state index is 0.290. The van der Waals surface area contributed by atoms with Gasteiger partial charge in [-0.25, -0.2) is 0 Å². The molecule has 0 spiro atoms. The first kappa shape index (κ1) is 33.1. The van der Waals surface area contributed by atoms with Crippen LogP contribution in [0.15, 0.2) is 212 Å². The van der Waals surface area contributed by atoms with E-state index in [1.54, 1.807) is 0 Å². The van der Waals surface area contributed by atoms with Crippen LogP contribution >= 0.6 is 0 Å². The van der Waals surface area contributed by atoms with Crippen molar-refractivity contribution >= 4 is 106 Å². The third-order valence-corrected chi connectivity index (χ3v) is 14.0. The molecule has 0 unspecified atom stereocenters. The van der Waals surface area contributed by atoms with Crippen LogP contribution in [0, 0.1) is 0 Å². The predicted molar refractivity (Wildman–Crippen MR) is 248 cm³/mol. The van der Waals surface area contributed by atoms with Gasteiger partial charge in [0, 0.05) is 11.4 Å². The van der Waals surface area contributed by atoms with Gasteiger partial charge in [0.1, 0.15) is 0 Å². The molecule has 0 amide bonds. The zero-order chi connectivity index (χ0) is 38.2. The molecule has 0 radical (unpaired) electrons. The molecule has 58 heavy (non-hydrogen) atoms. The van der Waals surface area contributed by atoms with Crippen LogP contribution in [0.5, 0.6) is 0 Å². The first-order valence-corrected chi connectivity index (χ1v) is 21.5. The number of aromatic nitrogens is 1. The quantitative estimate of drug-likeness (QED) is 0.149. The largest absolute Gasteiger partial charge is 0.0617 e. The second kappa shape index (κ2) is 13.2. The summed E-state index contributed by atoms with van der Waals surface area (Å²) < 4.78 is 5.50. The van der Waals surface area contributed by atoms with E-state index in [1.807, 2.05) is 0 Å². The van der Waals surface area contributed by atoms with E-state index < -0.39 is 0 Å². The Morgan fingerprint density at radius 1 is 0.310 bits per heavy atom. The van der Waals surface area contributed by atoms with Gasteiger partial charge in [-0.05, 0) is 35.9 Å². The summed E-state index contributed by atoms with van der Waals surface area (Å²) in [5.41, 5.74) is 12.7. The van der Waals surface area contributed by atoms with Crippen molar-refractivity contribution in [2.75, 3.05) is 9.80 Å². The van der Waals surface area contributed by atoms with Crippen LogP contribution in [-0.2, 0) is 0 Å². The number of anilines is 6. The molecular formula is C54H35N3Se. The molecule has 12 aromatic rings. The van der Waals surface area contributed by atoms with Crippen LogP contribution in [0.3, 0.4) is 0 Å². The van der Waals surface area contributed by atoms with Gasteiger partial charge in [-0.3, -0.25) is 0 Å². The van der Waals surface area contributed by atoms with Crippen LogP contribution in [0.1, 0.15) is 0 Å². The molecule has 0 saturated heterocycles. The van der Waals surface area contributed by atoms with Crippen molar-refractivity contribution in [2.45, 2.75) is 0 Å². The number of hydrogen-bond donors (Lipinski definition) is 0. The first-order valence-electron chi connectivity index (χ1n) is 19.8. The number of rotatable bonds is 7. The molecule has 272 valence electrons. The number of hydrogen-bond acceptors (Lipinski definition) is 2. The van der Waals surface area contributed by atoms with Crippen LogP contribution in [-0.4, -0.2) is 18.9 Å². The van der Waals surface area contributed by atoms with Crippen molar-refractivity contribution in [2.24, 2.45) is 0 Å². The Balaban J connectivity index is 1.12. The van der Waals surface area contributed by atoms with Crippen molar-refractivity contribution in [1.29, 1.82) is 0 Å². The van der Waals surface area contributed by atoms with Gasteiger partial charge in [0.25, 0.3) is 0 Å².